The molecule has 1 aromatic heterocycles. The van der Waals surface area contributed by atoms with E-state index in [0.29, 0.717) is 42.3 Å². The molecule has 9 nitrogen and oxygen atoms in total. The van der Waals surface area contributed by atoms with Crippen molar-refractivity contribution in [1.82, 2.24) is 20.8 Å². The molecule has 3 N–H and O–H groups in total. The van der Waals surface area contributed by atoms with Gasteiger partial charge in [0.1, 0.15) is 17.3 Å². The average Bonchev–Trinajstić information content (AvgIpc) is 3.44. The van der Waals surface area contributed by atoms with E-state index in [2.05, 4.69) is 26.1 Å². The van der Waals surface area contributed by atoms with Gasteiger partial charge in [-0.1, -0.05) is 36.2 Å². The fraction of sp³-hybridized carbons (Fsp3) is 0.357. The second-order valence-electron chi connectivity index (χ2n) is 9.26. The summed E-state index contributed by atoms with van der Waals surface area (Å²) in [7, 11) is 1.69. The van der Waals surface area contributed by atoms with E-state index < -0.39 is 11.7 Å². The highest BCUT2D eigenvalue weighted by Crippen LogP contribution is 2.39. The molecule has 11 heteroatoms. The van der Waals surface area contributed by atoms with Gasteiger partial charge in [0.05, 0.1) is 17.2 Å². The maximum atomic E-state index is 14.0. The Morgan fingerprint density at radius 1 is 1.18 bits per heavy atom. The van der Waals surface area contributed by atoms with Crippen LogP contribution in [0.5, 0.6) is 5.75 Å². The minimum atomic E-state index is -0.607. The third-order valence-electron chi connectivity index (χ3n) is 6.64. The minimum Gasteiger partial charge on any atom is -0.493 e. The van der Waals surface area contributed by atoms with Crippen molar-refractivity contribution in [2.24, 2.45) is 5.92 Å². The highest BCUT2D eigenvalue weighted by molar-refractivity contribution is 6.31. The molecule has 2 amide bonds. The van der Waals surface area contributed by atoms with Crippen LogP contribution in [0.25, 0.3) is 11.5 Å². The van der Waals surface area contributed by atoms with Gasteiger partial charge in [0.2, 0.25) is 11.8 Å². The minimum absolute atomic E-state index is 0.0837. The molecule has 1 saturated carbocycles. The van der Waals surface area contributed by atoms with Crippen LogP contribution in [0.1, 0.15) is 51.3 Å². The smallest absolute Gasteiger partial charge is 0.273 e. The Bertz CT molecular complexity index is 1360. The fourth-order valence-corrected chi connectivity index (χ4v) is 4.68. The lowest BCUT2D eigenvalue weighted by Gasteiger charge is -2.26. The van der Waals surface area contributed by atoms with Crippen LogP contribution in [-0.2, 0) is 9.59 Å². The standard InChI is InChI=1S/C28H31ClFN5O4/c1-4-38-23-15-22(30)21(29)14-20(23)28-35-34-27(39-28)18-10-8-9-17(13-18)25(36)33-24(16(2)31-3)26(37)32-19-11-6-5-7-12-19/h5-7,11-12,14-15,17-18,31H,4,8-10,13H2,1-3H3,(H,32,37)(H,33,36)/b24-16+/t17-,18+/m1/s1. The second-order valence-corrected chi connectivity index (χ2v) is 9.67. The van der Waals surface area contributed by atoms with Crippen molar-refractivity contribution in [1.29, 1.82) is 0 Å². The number of rotatable bonds is 9. The van der Waals surface area contributed by atoms with Crippen molar-refractivity contribution < 1.29 is 23.1 Å². The topological polar surface area (TPSA) is 118 Å². The van der Waals surface area contributed by atoms with E-state index in [-0.39, 0.29) is 40.1 Å². The summed E-state index contributed by atoms with van der Waals surface area (Å²) < 4.78 is 25.5. The number of carbonyl (C=O) groups excluding carboxylic acids is 2. The van der Waals surface area contributed by atoms with Crippen molar-refractivity contribution in [3.8, 4) is 17.2 Å². The van der Waals surface area contributed by atoms with E-state index >= 15 is 0 Å². The summed E-state index contributed by atoms with van der Waals surface area (Å²) in [5, 5.41) is 16.9. The summed E-state index contributed by atoms with van der Waals surface area (Å²) in [5.41, 5.74) is 1.71. The number of amides is 2. The van der Waals surface area contributed by atoms with Crippen molar-refractivity contribution in [3.05, 3.63) is 70.6 Å². The highest BCUT2D eigenvalue weighted by atomic mass is 35.5. The monoisotopic (exact) mass is 555 g/mol. The number of allylic oxidation sites excluding steroid dienone is 1. The Labute approximate surface area is 231 Å². The number of anilines is 1. The SMILES string of the molecule is CCOc1cc(F)c(Cl)cc1-c1nnc([C@H]2CCC[C@@H](C(=O)N/C(C(=O)Nc3ccccc3)=C(\C)NC)C2)o1. The van der Waals surface area contributed by atoms with Gasteiger partial charge in [0.15, 0.2) is 0 Å². The predicted molar refractivity (Wildman–Crippen MR) is 146 cm³/mol. The Morgan fingerprint density at radius 2 is 1.95 bits per heavy atom. The average molecular weight is 556 g/mol. The van der Waals surface area contributed by atoms with Crippen LogP contribution in [0.2, 0.25) is 5.02 Å². The molecule has 0 spiro atoms. The second kappa shape index (κ2) is 12.8. The Hall–Kier alpha value is -3.92. The van der Waals surface area contributed by atoms with Crippen LogP contribution in [0.3, 0.4) is 0 Å². The summed E-state index contributed by atoms with van der Waals surface area (Å²) in [6.45, 7) is 3.83. The first kappa shape index (κ1) is 28.1. The van der Waals surface area contributed by atoms with Crippen LogP contribution >= 0.6 is 11.6 Å². The maximum Gasteiger partial charge on any atom is 0.273 e. The summed E-state index contributed by atoms with van der Waals surface area (Å²) in [4.78, 5) is 26.3. The summed E-state index contributed by atoms with van der Waals surface area (Å²) in [5.74, 6) is -0.994. The zero-order valence-electron chi connectivity index (χ0n) is 22.0. The van der Waals surface area contributed by atoms with Crippen LogP contribution in [0, 0.1) is 11.7 Å². The molecule has 0 radical (unpaired) electrons. The summed E-state index contributed by atoms with van der Waals surface area (Å²) in [6.07, 6.45) is 2.67. The molecule has 3 aromatic rings. The van der Waals surface area contributed by atoms with E-state index in [1.165, 1.54) is 12.1 Å². The zero-order chi connectivity index (χ0) is 27.9. The molecule has 206 valence electrons. The van der Waals surface area contributed by atoms with Gasteiger partial charge in [0.25, 0.3) is 11.8 Å². The van der Waals surface area contributed by atoms with Crippen molar-refractivity contribution in [2.75, 3.05) is 19.0 Å². The molecular formula is C28H31ClFN5O4. The van der Waals surface area contributed by atoms with Crippen LogP contribution < -0.4 is 20.7 Å². The van der Waals surface area contributed by atoms with Gasteiger partial charge >= 0.3 is 0 Å². The van der Waals surface area contributed by atoms with Gasteiger partial charge in [0, 0.05) is 36.3 Å². The Morgan fingerprint density at radius 3 is 2.67 bits per heavy atom. The first-order valence-corrected chi connectivity index (χ1v) is 13.2. The van der Waals surface area contributed by atoms with E-state index in [1.54, 1.807) is 33.0 Å². The molecule has 1 heterocycles. The van der Waals surface area contributed by atoms with Crippen molar-refractivity contribution in [2.45, 2.75) is 45.4 Å². The molecule has 2 atom stereocenters. The van der Waals surface area contributed by atoms with Crippen LogP contribution in [0.15, 0.2) is 58.3 Å². The summed E-state index contributed by atoms with van der Waals surface area (Å²) >= 11 is 5.99. The number of hydrogen-bond acceptors (Lipinski definition) is 7. The lowest BCUT2D eigenvalue weighted by atomic mass is 9.81. The molecule has 0 bridgehead atoms. The lowest BCUT2D eigenvalue weighted by Crippen LogP contribution is -2.38. The number of nitrogens with one attached hydrogen (secondary N) is 3. The fourth-order valence-electron chi connectivity index (χ4n) is 4.52. The molecule has 1 fully saturated rings. The molecule has 4 rings (SSSR count). The molecule has 0 aliphatic heterocycles. The maximum absolute atomic E-state index is 14.0. The number of aromatic nitrogens is 2. The van der Waals surface area contributed by atoms with Gasteiger partial charge in [-0.15, -0.1) is 10.2 Å². The van der Waals surface area contributed by atoms with E-state index in [1.807, 2.05) is 18.2 Å². The van der Waals surface area contributed by atoms with Crippen molar-refractivity contribution in [3.63, 3.8) is 0 Å². The largest absolute Gasteiger partial charge is 0.493 e. The van der Waals surface area contributed by atoms with Gasteiger partial charge < -0.3 is 25.1 Å². The predicted octanol–water partition coefficient (Wildman–Crippen LogP) is 5.41. The molecule has 1 aliphatic rings. The Balaban J connectivity index is 1.47. The first-order valence-electron chi connectivity index (χ1n) is 12.8. The van der Waals surface area contributed by atoms with Gasteiger partial charge in [-0.2, -0.15) is 0 Å². The number of halogens is 2. The normalized spacial score (nSPS) is 17.7. The van der Waals surface area contributed by atoms with E-state index in [9.17, 15) is 14.0 Å². The number of benzene rings is 2. The van der Waals surface area contributed by atoms with Crippen molar-refractivity contribution >= 4 is 29.1 Å². The third kappa shape index (κ3) is 6.75. The van der Waals surface area contributed by atoms with Gasteiger partial charge in [-0.3, -0.25) is 9.59 Å². The molecule has 0 saturated heterocycles. The van der Waals surface area contributed by atoms with Gasteiger partial charge in [-0.25, -0.2) is 4.39 Å². The zero-order valence-corrected chi connectivity index (χ0v) is 22.8. The molecule has 2 aromatic carbocycles. The molecular weight excluding hydrogens is 525 g/mol. The Kier molecular flexibility index (Phi) is 9.19. The summed E-state index contributed by atoms with van der Waals surface area (Å²) in [6, 6.07) is 11.6. The number of nitrogens with zero attached hydrogens (tertiary/aromatic N) is 2. The number of hydrogen-bond donors (Lipinski definition) is 3. The third-order valence-corrected chi connectivity index (χ3v) is 6.93. The van der Waals surface area contributed by atoms with Gasteiger partial charge in [-0.05, 0) is 51.3 Å². The first-order chi connectivity index (χ1) is 18.8. The molecule has 1 aliphatic carbocycles. The van der Waals surface area contributed by atoms with E-state index in [4.69, 9.17) is 20.8 Å². The van der Waals surface area contributed by atoms with Crippen LogP contribution in [0.4, 0.5) is 10.1 Å². The molecule has 0 unspecified atom stereocenters. The highest BCUT2D eigenvalue weighted by Gasteiger charge is 2.33. The van der Waals surface area contributed by atoms with Crippen LogP contribution in [-0.4, -0.2) is 35.7 Å². The quantitative estimate of drug-likeness (QED) is 0.302. The van der Waals surface area contributed by atoms with E-state index in [0.717, 1.165) is 12.8 Å². The lowest BCUT2D eigenvalue weighted by molar-refractivity contribution is -0.126. The number of para-hydroxylation sites is 1. The molecule has 39 heavy (non-hydrogen) atoms. The number of carbonyl (C=O) groups is 2. The number of ether oxygens (including phenoxy) is 1.